The molecule has 21 heavy (non-hydrogen) atoms. The third kappa shape index (κ3) is 3.98. The van der Waals surface area contributed by atoms with Crippen LogP contribution in [0.3, 0.4) is 0 Å². The molecule has 5 heteroatoms. The quantitative estimate of drug-likeness (QED) is 0.646. The lowest BCUT2D eigenvalue weighted by Gasteiger charge is -2.36. The predicted molar refractivity (Wildman–Crippen MR) is 77.2 cm³/mol. The summed E-state index contributed by atoms with van der Waals surface area (Å²) < 4.78 is 38.5. The van der Waals surface area contributed by atoms with Gasteiger partial charge in [-0.2, -0.15) is 13.2 Å². The van der Waals surface area contributed by atoms with E-state index in [-0.39, 0.29) is 12.0 Å². The topological polar surface area (TPSA) is 38.0 Å². The van der Waals surface area contributed by atoms with Gasteiger partial charge in [0.2, 0.25) is 0 Å². The monoisotopic (exact) mass is 300 g/mol. The molecule has 3 unspecified atom stereocenters. The van der Waals surface area contributed by atoms with Gasteiger partial charge in [0.05, 0.1) is 5.56 Å². The van der Waals surface area contributed by atoms with E-state index in [4.69, 9.17) is 5.84 Å². The van der Waals surface area contributed by atoms with Crippen molar-refractivity contribution >= 4 is 0 Å². The predicted octanol–water partition coefficient (Wildman–Crippen LogP) is 4.28. The molecule has 1 aliphatic carbocycles. The summed E-state index contributed by atoms with van der Waals surface area (Å²) in [6.07, 6.45) is -1.15. The second kappa shape index (κ2) is 6.36. The lowest BCUT2D eigenvalue weighted by Crippen LogP contribution is -2.37. The molecule has 0 spiro atoms. The average molecular weight is 300 g/mol. The summed E-state index contributed by atoms with van der Waals surface area (Å²) in [5.41, 5.74) is 2.75. The lowest BCUT2D eigenvalue weighted by molar-refractivity contribution is -0.137. The van der Waals surface area contributed by atoms with Crippen LogP contribution in [-0.4, -0.2) is 0 Å². The molecule has 1 aliphatic rings. The highest BCUT2D eigenvalue weighted by Gasteiger charge is 2.33. The molecule has 0 amide bonds. The minimum atomic E-state index is -4.32. The van der Waals surface area contributed by atoms with Gasteiger partial charge in [-0.25, -0.2) is 0 Å². The van der Waals surface area contributed by atoms with Crippen LogP contribution in [0.4, 0.5) is 13.2 Å². The summed E-state index contributed by atoms with van der Waals surface area (Å²) in [5.74, 6) is 7.10. The van der Waals surface area contributed by atoms with E-state index in [1.807, 2.05) is 0 Å². The fraction of sp³-hybridized carbons (Fsp3) is 0.625. The molecule has 0 radical (unpaired) electrons. The fourth-order valence-corrected chi connectivity index (χ4v) is 3.69. The van der Waals surface area contributed by atoms with E-state index in [1.165, 1.54) is 18.6 Å². The number of hydrazine groups is 1. The van der Waals surface area contributed by atoms with Crippen molar-refractivity contribution in [1.82, 2.24) is 5.43 Å². The van der Waals surface area contributed by atoms with Gasteiger partial charge in [-0.3, -0.25) is 11.3 Å². The SMILES string of the molecule is CC1CC(C)CC(C(NN)c2cccc(C(F)(F)F)c2)C1. The van der Waals surface area contributed by atoms with E-state index in [0.29, 0.717) is 17.4 Å². The highest BCUT2D eigenvalue weighted by molar-refractivity contribution is 5.28. The Balaban J connectivity index is 2.25. The van der Waals surface area contributed by atoms with Crippen molar-refractivity contribution in [1.29, 1.82) is 0 Å². The maximum atomic E-state index is 12.8. The van der Waals surface area contributed by atoms with Crippen molar-refractivity contribution < 1.29 is 13.2 Å². The normalized spacial score (nSPS) is 28.4. The summed E-state index contributed by atoms with van der Waals surface area (Å²) in [7, 11) is 0. The zero-order valence-electron chi connectivity index (χ0n) is 12.5. The van der Waals surface area contributed by atoms with Crippen LogP contribution in [-0.2, 0) is 6.18 Å². The third-order valence-corrected chi connectivity index (χ3v) is 4.44. The van der Waals surface area contributed by atoms with Crippen LogP contribution in [0.25, 0.3) is 0 Å². The molecule has 1 aromatic carbocycles. The van der Waals surface area contributed by atoms with Gasteiger partial charge >= 0.3 is 6.18 Å². The van der Waals surface area contributed by atoms with Crippen molar-refractivity contribution in [2.24, 2.45) is 23.6 Å². The zero-order valence-corrected chi connectivity index (χ0v) is 12.5. The molecule has 1 aromatic rings. The first kappa shape index (κ1) is 16.3. The zero-order chi connectivity index (χ0) is 15.6. The number of halogens is 3. The van der Waals surface area contributed by atoms with Gasteiger partial charge in [0.25, 0.3) is 0 Å². The molecule has 118 valence electrons. The molecule has 0 aromatic heterocycles. The molecule has 0 saturated heterocycles. The highest BCUT2D eigenvalue weighted by Crippen LogP contribution is 2.40. The van der Waals surface area contributed by atoms with Crippen LogP contribution in [0, 0.1) is 17.8 Å². The number of nitrogens with two attached hydrogens (primary N) is 1. The summed E-state index contributed by atoms with van der Waals surface area (Å²) >= 11 is 0. The van der Waals surface area contributed by atoms with Gasteiger partial charge in [-0.1, -0.05) is 26.0 Å². The van der Waals surface area contributed by atoms with Crippen LogP contribution in [0.5, 0.6) is 0 Å². The van der Waals surface area contributed by atoms with E-state index in [2.05, 4.69) is 19.3 Å². The van der Waals surface area contributed by atoms with Crippen LogP contribution in [0.1, 0.15) is 50.3 Å². The van der Waals surface area contributed by atoms with Gasteiger partial charge in [0.1, 0.15) is 0 Å². The molecule has 0 bridgehead atoms. The molecular formula is C16H23F3N2. The number of alkyl halides is 3. The Morgan fingerprint density at radius 1 is 1.14 bits per heavy atom. The van der Waals surface area contributed by atoms with Crippen LogP contribution in [0.15, 0.2) is 24.3 Å². The molecule has 0 heterocycles. The number of rotatable bonds is 3. The molecule has 2 nitrogen and oxygen atoms in total. The first-order chi connectivity index (χ1) is 9.81. The van der Waals surface area contributed by atoms with Crippen LogP contribution in [0.2, 0.25) is 0 Å². The maximum absolute atomic E-state index is 12.8. The smallest absolute Gasteiger partial charge is 0.271 e. The van der Waals surface area contributed by atoms with Crippen molar-refractivity contribution in [3.05, 3.63) is 35.4 Å². The summed E-state index contributed by atoms with van der Waals surface area (Å²) in [4.78, 5) is 0. The van der Waals surface area contributed by atoms with E-state index >= 15 is 0 Å². The first-order valence-corrected chi connectivity index (χ1v) is 7.44. The lowest BCUT2D eigenvalue weighted by atomic mass is 9.72. The van der Waals surface area contributed by atoms with Gasteiger partial charge in [-0.05, 0) is 54.7 Å². The Morgan fingerprint density at radius 3 is 2.29 bits per heavy atom. The molecule has 3 atom stereocenters. The van der Waals surface area contributed by atoms with E-state index in [1.54, 1.807) is 6.07 Å². The number of hydrogen-bond donors (Lipinski definition) is 2. The Hall–Kier alpha value is -1.07. The molecular weight excluding hydrogens is 277 g/mol. The van der Waals surface area contributed by atoms with E-state index in [9.17, 15) is 13.2 Å². The van der Waals surface area contributed by atoms with Crippen molar-refractivity contribution in [3.8, 4) is 0 Å². The minimum Gasteiger partial charge on any atom is -0.271 e. The Kier molecular flexibility index (Phi) is 4.94. The Morgan fingerprint density at radius 2 is 1.76 bits per heavy atom. The van der Waals surface area contributed by atoms with Crippen molar-refractivity contribution in [2.45, 2.75) is 45.3 Å². The second-order valence-electron chi connectivity index (χ2n) is 6.45. The summed E-state index contributed by atoms with van der Waals surface area (Å²) in [5, 5.41) is 0. The standard InChI is InChI=1S/C16H23F3N2/c1-10-6-11(2)8-13(7-10)15(21-20)12-4-3-5-14(9-12)16(17,18)19/h3-5,9-11,13,15,21H,6-8,20H2,1-2H3. The van der Waals surface area contributed by atoms with Crippen molar-refractivity contribution in [3.63, 3.8) is 0 Å². The summed E-state index contributed by atoms with van der Waals surface area (Å²) in [6.45, 7) is 4.39. The largest absolute Gasteiger partial charge is 0.416 e. The molecule has 0 aliphatic heterocycles. The van der Waals surface area contributed by atoms with Gasteiger partial charge < -0.3 is 0 Å². The fourth-order valence-electron chi connectivity index (χ4n) is 3.69. The number of hydrogen-bond acceptors (Lipinski definition) is 2. The molecule has 2 rings (SSSR count). The number of nitrogens with one attached hydrogen (secondary N) is 1. The first-order valence-electron chi connectivity index (χ1n) is 7.44. The second-order valence-corrected chi connectivity index (χ2v) is 6.45. The van der Waals surface area contributed by atoms with Gasteiger partial charge in [0.15, 0.2) is 0 Å². The Labute approximate surface area is 123 Å². The average Bonchev–Trinajstić information content (AvgIpc) is 2.38. The van der Waals surface area contributed by atoms with Crippen molar-refractivity contribution in [2.75, 3.05) is 0 Å². The van der Waals surface area contributed by atoms with Crippen LogP contribution >= 0.6 is 0 Å². The highest BCUT2D eigenvalue weighted by atomic mass is 19.4. The van der Waals surface area contributed by atoms with E-state index < -0.39 is 11.7 Å². The van der Waals surface area contributed by atoms with Gasteiger partial charge in [-0.15, -0.1) is 0 Å². The van der Waals surface area contributed by atoms with E-state index in [0.717, 1.165) is 18.9 Å². The molecule has 1 saturated carbocycles. The molecule has 1 fully saturated rings. The Bertz CT molecular complexity index is 463. The van der Waals surface area contributed by atoms with Gasteiger partial charge in [0, 0.05) is 6.04 Å². The maximum Gasteiger partial charge on any atom is 0.416 e. The number of benzene rings is 1. The van der Waals surface area contributed by atoms with Crippen LogP contribution < -0.4 is 11.3 Å². The minimum absolute atomic E-state index is 0.225. The molecule has 3 N–H and O–H groups in total. The third-order valence-electron chi connectivity index (χ3n) is 4.44. The summed E-state index contributed by atoms with van der Waals surface area (Å²) in [6, 6.07) is 5.28.